The maximum atomic E-state index is 5.29. The monoisotopic (exact) mass is 258 g/mol. The molecule has 0 aliphatic rings. The minimum atomic E-state index is 0.267. The van der Waals surface area contributed by atoms with Crippen molar-refractivity contribution < 1.29 is 4.74 Å². The lowest BCUT2D eigenvalue weighted by Crippen LogP contribution is -2.22. The van der Waals surface area contributed by atoms with E-state index < -0.39 is 0 Å². The lowest BCUT2D eigenvalue weighted by molar-refractivity contribution is 0.376. The Morgan fingerprint density at radius 3 is 2.74 bits per heavy atom. The van der Waals surface area contributed by atoms with Crippen LogP contribution in [0.15, 0.2) is 30.5 Å². The van der Waals surface area contributed by atoms with Gasteiger partial charge >= 0.3 is 0 Å². The first-order valence-electron chi connectivity index (χ1n) is 6.72. The Kier molecular flexibility index (Phi) is 3.93. The molecular weight excluding hydrogens is 236 g/mol. The number of nitrogens with one attached hydrogen (secondary N) is 1. The van der Waals surface area contributed by atoms with E-state index in [-0.39, 0.29) is 5.41 Å². The molecule has 0 fully saturated rings. The number of hydrogen-bond acceptors (Lipinski definition) is 3. The van der Waals surface area contributed by atoms with Crippen molar-refractivity contribution in [1.82, 2.24) is 4.98 Å². The smallest absolute Gasteiger partial charge is 0.133 e. The fraction of sp³-hybridized carbons (Fsp3) is 0.438. The highest BCUT2D eigenvalue weighted by molar-refractivity contribution is 5.92. The van der Waals surface area contributed by atoms with Gasteiger partial charge in [-0.1, -0.05) is 26.8 Å². The number of rotatable bonds is 5. The molecule has 0 aliphatic heterocycles. The van der Waals surface area contributed by atoms with E-state index in [1.807, 2.05) is 24.4 Å². The molecule has 0 radical (unpaired) electrons. The van der Waals surface area contributed by atoms with Crippen molar-refractivity contribution in [3.8, 4) is 5.75 Å². The van der Waals surface area contributed by atoms with Gasteiger partial charge < -0.3 is 10.1 Å². The zero-order valence-electron chi connectivity index (χ0n) is 12.2. The number of anilines is 1. The predicted molar refractivity (Wildman–Crippen MR) is 80.9 cm³/mol. The molecule has 1 N–H and O–H groups in total. The summed E-state index contributed by atoms with van der Waals surface area (Å²) in [5, 5.41) is 5.74. The molecule has 0 unspecified atom stereocenters. The number of nitrogens with zero attached hydrogens (tertiary/aromatic N) is 1. The first-order valence-corrected chi connectivity index (χ1v) is 6.72. The number of benzene rings is 1. The molecule has 2 aromatic rings. The summed E-state index contributed by atoms with van der Waals surface area (Å²) in [5.41, 5.74) is 0.267. The Bertz CT molecular complexity index is 564. The van der Waals surface area contributed by atoms with E-state index in [1.165, 1.54) is 5.39 Å². The summed E-state index contributed by atoms with van der Waals surface area (Å²) in [6.45, 7) is 7.63. The molecule has 0 amide bonds. The summed E-state index contributed by atoms with van der Waals surface area (Å²) >= 11 is 0. The van der Waals surface area contributed by atoms with Crippen molar-refractivity contribution in [3.05, 3.63) is 30.5 Å². The highest BCUT2D eigenvalue weighted by Crippen LogP contribution is 2.27. The van der Waals surface area contributed by atoms with Crippen molar-refractivity contribution in [1.29, 1.82) is 0 Å². The van der Waals surface area contributed by atoms with Crippen molar-refractivity contribution in [2.75, 3.05) is 19.0 Å². The summed E-state index contributed by atoms with van der Waals surface area (Å²) in [5.74, 6) is 1.79. The van der Waals surface area contributed by atoms with E-state index in [2.05, 4.69) is 37.1 Å². The molecule has 19 heavy (non-hydrogen) atoms. The molecule has 1 heterocycles. The largest absolute Gasteiger partial charge is 0.497 e. The fourth-order valence-electron chi connectivity index (χ4n) is 1.86. The molecule has 0 spiro atoms. The highest BCUT2D eigenvalue weighted by atomic mass is 16.5. The Hall–Kier alpha value is -1.77. The molecule has 0 atom stereocenters. The standard InChI is InChI=1S/C16H22N2O/c1-5-16(2,3)11-18-15-14-10-13(19-4)7-6-12(14)8-9-17-15/h6-10H,5,11H2,1-4H3,(H,17,18). The number of methoxy groups -OCH3 is 1. The highest BCUT2D eigenvalue weighted by Gasteiger charge is 2.15. The zero-order chi connectivity index (χ0) is 13.9. The van der Waals surface area contributed by atoms with Gasteiger partial charge in [0.25, 0.3) is 0 Å². The minimum Gasteiger partial charge on any atom is -0.497 e. The first-order chi connectivity index (χ1) is 9.05. The van der Waals surface area contributed by atoms with Crippen molar-refractivity contribution in [2.24, 2.45) is 5.41 Å². The third-order valence-electron chi connectivity index (χ3n) is 3.66. The predicted octanol–water partition coefficient (Wildman–Crippen LogP) is 4.09. The third-order valence-corrected chi connectivity index (χ3v) is 3.66. The molecule has 3 heteroatoms. The van der Waals surface area contributed by atoms with Crippen LogP contribution in [0.5, 0.6) is 5.75 Å². The van der Waals surface area contributed by atoms with Crippen LogP contribution in [0.1, 0.15) is 27.2 Å². The van der Waals surface area contributed by atoms with Crippen molar-refractivity contribution >= 4 is 16.6 Å². The Morgan fingerprint density at radius 1 is 1.26 bits per heavy atom. The van der Waals surface area contributed by atoms with E-state index in [4.69, 9.17) is 4.74 Å². The van der Waals surface area contributed by atoms with Crippen LogP contribution in [-0.2, 0) is 0 Å². The average Bonchev–Trinajstić information content (AvgIpc) is 2.44. The van der Waals surface area contributed by atoms with Gasteiger partial charge in [-0.15, -0.1) is 0 Å². The summed E-state index contributed by atoms with van der Waals surface area (Å²) in [7, 11) is 1.69. The van der Waals surface area contributed by atoms with Crippen LogP contribution in [0, 0.1) is 5.41 Å². The summed E-state index contributed by atoms with van der Waals surface area (Å²) in [4.78, 5) is 4.45. The van der Waals surface area contributed by atoms with Crippen LogP contribution in [0.4, 0.5) is 5.82 Å². The van der Waals surface area contributed by atoms with Gasteiger partial charge in [-0.2, -0.15) is 0 Å². The first kappa shape index (κ1) is 13.7. The third kappa shape index (κ3) is 3.16. The van der Waals surface area contributed by atoms with Crippen LogP contribution in [0.3, 0.4) is 0 Å². The average molecular weight is 258 g/mol. The number of pyridine rings is 1. The zero-order valence-corrected chi connectivity index (χ0v) is 12.2. The van der Waals surface area contributed by atoms with Crippen molar-refractivity contribution in [3.63, 3.8) is 0 Å². The molecule has 102 valence electrons. The Balaban J connectivity index is 2.32. The van der Waals surface area contributed by atoms with Crippen LogP contribution < -0.4 is 10.1 Å². The molecule has 0 saturated heterocycles. The van der Waals surface area contributed by atoms with E-state index in [9.17, 15) is 0 Å². The van der Waals surface area contributed by atoms with Crippen LogP contribution >= 0.6 is 0 Å². The second kappa shape index (κ2) is 5.47. The van der Waals surface area contributed by atoms with E-state index in [1.54, 1.807) is 7.11 Å². The topological polar surface area (TPSA) is 34.2 Å². The molecule has 0 bridgehead atoms. The van der Waals surface area contributed by atoms with Gasteiger partial charge in [-0.3, -0.25) is 0 Å². The van der Waals surface area contributed by atoms with Gasteiger partial charge in [0.1, 0.15) is 11.6 Å². The van der Waals surface area contributed by atoms with E-state index in [0.29, 0.717) is 0 Å². The Labute approximate surface area is 115 Å². The molecule has 0 saturated carbocycles. The molecular formula is C16H22N2O. The summed E-state index contributed by atoms with van der Waals surface area (Å²) < 4.78 is 5.29. The van der Waals surface area contributed by atoms with Gasteiger partial charge in [0.2, 0.25) is 0 Å². The Morgan fingerprint density at radius 2 is 2.05 bits per heavy atom. The minimum absolute atomic E-state index is 0.267. The SMILES string of the molecule is CCC(C)(C)CNc1nccc2ccc(OC)cc12. The molecule has 1 aromatic carbocycles. The maximum Gasteiger partial charge on any atom is 0.133 e. The second-order valence-corrected chi connectivity index (χ2v) is 5.62. The van der Waals surface area contributed by atoms with Crippen LogP contribution in [-0.4, -0.2) is 18.6 Å². The molecule has 0 aliphatic carbocycles. The summed E-state index contributed by atoms with van der Waals surface area (Å²) in [6.07, 6.45) is 2.98. The van der Waals surface area contributed by atoms with Gasteiger partial charge in [0.05, 0.1) is 7.11 Å². The lowest BCUT2D eigenvalue weighted by atomic mass is 9.90. The summed E-state index contributed by atoms with van der Waals surface area (Å²) in [6, 6.07) is 8.09. The van der Waals surface area contributed by atoms with E-state index in [0.717, 1.165) is 29.9 Å². The normalized spacial score (nSPS) is 11.6. The quantitative estimate of drug-likeness (QED) is 0.877. The van der Waals surface area contributed by atoms with Crippen LogP contribution in [0.2, 0.25) is 0 Å². The number of hydrogen-bond donors (Lipinski definition) is 1. The van der Waals surface area contributed by atoms with Gasteiger partial charge in [0.15, 0.2) is 0 Å². The molecule has 1 aromatic heterocycles. The van der Waals surface area contributed by atoms with Gasteiger partial charge in [-0.25, -0.2) is 4.98 Å². The fourth-order valence-corrected chi connectivity index (χ4v) is 1.86. The van der Waals surface area contributed by atoms with Gasteiger partial charge in [0, 0.05) is 18.1 Å². The maximum absolute atomic E-state index is 5.29. The van der Waals surface area contributed by atoms with Gasteiger partial charge in [-0.05, 0) is 35.4 Å². The molecule has 3 nitrogen and oxygen atoms in total. The number of fused-ring (bicyclic) bond motifs is 1. The lowest BCUT2D eigenvalue weighted by Gasteiger charge is -2.23. The number of aromatic nitrogens is 1. The number of ether oxygens (including phenoxy) is 1. The van der Waals surface area contributed by atoms with Crippen LogP contribution in [0.25, 0.3) is 10.8 Å². The molecule has 2 rings (SSSR count). The van der Waals surface area contributed by atoms with E-state index >= 15 is 0 Å². The second-order valence-electron chi connectivity index (χ2n) is 5.62. The van der Waals surface area contributed by atoms with Crippen molar-refractivity contribution in [2.45, 2.75) is 27.2 Å².